The molecule has 1 aliphatic rings. The number of ether oxygens (including phenoxy) is 1. The number of methoxy groups -OCH3 is 1. The van der Waals surface area contributed by atoms with Gasteiger partial charge in [0.25, 0.3) is 0 Å². The maximum atomic E-state index is 5.18. The molecule has 1 heterocycles. The molecular weight excluding hydrogens is 280 g/mol. The van der Waals surface area contributed by atoms with Crippen molar-refractivity contribution in [3.63, 3.8) is 0 Å². The first-order valence-corrected chi connectivity index (χ1v) is 9.26. The molecule has 4 heteroatoms. The monoisotopic (exact) mass is 310 g/mol. The molecule has 21 heavy (non-hydrogen) atoms. The van der Waals surface area contributed by atoms with E-state index in [0.717, 1.165) is 19.1 Å². The van der Waals surface area contributed by atoms with Crippen LogP contribution in [-0.2, 0) is 4.74 Å². The second-order valence-corrected chi connectivity index (χ2v) is 7.39. The van der Waals surface area contributed by atoms with Crippen LogP contribution in [-0.4, -0.2) is 25.2 Å². The van der Waals surface area contributed by atoms with Crippen molar-refractivity contribution in [3.8, 4) is 0 Å². The SMILES string of the molecule is COCCNC(CC1CCCCC1)c1nc(C(C)C)cs1. The average molecular weight is 311 g/mol. The predicted octanol–water partition coefficient (Wildman–Crippen LogP) is 4.51. The van der Waals surface area contributed by atoms with E-state index < -0.39 is 0 Å². The maximum Gasteiger partial charge on any atom is 0.110 e. The lowest BCUT2D eigenvalue weighted by Crippen LogP contribution is -2.27. The molecule has 0 spiro atoms. The van der Waals surface area contributed by atoms with E-state index in [1.807, 2.05) is 11.3 Å². The number of hydrogen-bond acceptors (Lipinski definition) is 4. The minimum atomic E-state index is 0.403. The minimum absolute atomic E-state index is 0.403. The first-order chi connectivity index (χ1) is 10.2. The molecule has 3 nitrogen and oxygen atoms in total. The largest absolute Gasteiger partial charge is 0.383 e. The molecule has 0 aromatic carbocycles. The van der Waals surface area contributed by atoms with Gasteiger partial charge in [0.2, 0.25) is 0 Å². The Balaban J connectivity index is 1.98. The zero-order valence-electron chi connectivity index (χ0n) is 13.7. The smallest absolute Gasteiger partial charge is 0.110 e. The second kappa shape index (κ2) is 8.86. The number of nitrogens with one attached hydrogen (secondary N) is 1. The summed E-state index contributed by atoms with van der Waals surface area (Å²) in [6.45, 7) is 6.11. The molecule has 1 saturated carbocycles. The number of hydrogen-bond donors (Lipinski definition) is 1. The topological polar surface area (TPSA) is 34.1 Å². The summed E-state index contributed by atoms with van der Waals surface area (Å²) in [5.74, 6) is 1.38. The summed E-state index contributed by atoms with van der Waals surface area (Å²) in [4.78, 5) is 4.87. The average Bonchev–Trinajstić information content (AvgIpc) is 2.97. The summed E-state index contributed by atoms with van der Waals surface area (Å²) in [7, 11) is 1.76. The van der Waals surface area contributed by atoms with E-state index >= 15 is 0 Å². The molecule has 1 aromatic rings. The normalized spacial score (nSPS) is 18.3. The Morgan fingerprint density at radius 2 is 2.10 bits per heavy atom. The van der Waals surface area contributed by atoms with Crippen molar-refractivity contribution in [1.29, 1.82) is 0 Å². The van der Waals surface area contributed by atoms with Gasteiger partial charge in [-0.05, 0) is 18.3 Å². The highest BCUT2D eigenvalue weighted by molar-refractivity contribution is 7.09. The van der Waals surface area contributed by atoms with Crippen molar-refractivity contribution in [2.24, 2.45) is 5.92 Å². The Labute approximate surface area is 133 Å². The number of aromatic nitrogens is 1. The molecule has 2 rings (SSSR count). The highest BCUT2D eigenvalue weighted by Gasteiger charge is 2.22. The van der Waals surface area contributed by atoms with Crippen LogP contribution in [0.3, 0.4) is 0 Å². The highest BCUT2D eigenvalue weighted by atomic mass is 32.1. The lowest BCUT2D eigenvalue weighted by molar-refractivity contribution is 0.191. The van der Waals surface area contributed by atoms with Crippen LogP contribution in [0.4, 0.5) is 0 Å². The summed E-state index contributed by atoms with van der Waals surface area (Å²) in [6.07, 6.45) is 8.26. The standard InChI is InChI=1S/C17H30N2OS/c1-13(2)16-12-21-17(19-16)15(18-9-10-20-3)11-14-7-5-4-6-8-14/h12-15,18H,4-11H2,1-3H3. The van der Waals surface area contributed by atoms with Gasteiger partial charge in [-0.25, -0.2) is 4.98 Å². The summed E-state index contributed by atoms with van der Waals surface area (Å²) >= 11 is 1.82. The fourth-order valence-electron chi connectivity index (χ4n) is 3.09. The first kappa shape index (κ1) is 16.9. The van der Waals surface area contributed by atoms with Gasteiger partial charge in [0, 0.05) is 19.0 Å². The molecule has 1 unspecified atom stereocenters. The van der Waals surface area contributed by atoms with E-state index in [0.29, 0.717) is 12.0 Å². The zero-order valence-corrected chi connectivity index (χ0v) is 14.5. The molecule has 0 radical (unpaired) electrons. The summed E-state index contributed by atoms with van der Waals surface area (Å²) < 4.78 is 5.18. The van der Waals surface area contributed by atoms with Crippen LogP contribution in [0.15, 0.2) is 5.38 Å². The third kappa shape index (κ3) is 5.35. The van der Waals surface area contributed by atoms with E-state index in [2.05, 4.69) is 24.5 Å². The summed E-state index contributed by atoms with van der Waals surface area (Å²) in [5, 5.41) is 7.15. The third-order valence-electron chi connectivity index (χ3n) is 4.42. The third-order valence-corrected chi connectivity index (χ3v) is 5.40. The van der Waals surface area contributed by atoms with E-state index in [-0.39, 0.29) is 0 Å². The van der Waals surface area contributed by atoms with Gasteiger partial charge in [-0.1, -0.05) is 46.0 Å². The fourth-order valence-corrected chi connectivity index (χ4v) is 4.16. The summed E-state index contributed by atoms with van der Waals surface area (Å²) in [6, 6.07) is 0.403. The molecule has 1 N–H and O–H groups in total. The Morgan fingerprint density at radius 1 is 1.33 bits per heavy atom. The summed E-state index contributed by atoms with van der Waals surface area (Å²) in [5.41, 5.74) is 1.23. The van der Waals surface area contributed by atoms with E-state index in [1.54, 1.807) is 7.11 Å². The van der Waals surface area contributed by atoms with Gasteiger partial charge in [0.15, 0.2) is 0 Å². The number of nitrogens with zero attached hydrogens (tertiary/aromatic N) is 1. The van der Waals surface area contributed by atoms with Gasteiger partial charge in [-0.2, -0.15) is 0 Å². The predicted molar refractivity (Wildman–Crippen MR) is 90.0 cm³/mol. The van der Waals surface area contributed by atoms with Crippen LogP contribution >= 0.6 is 11.3 Å². The highest BCUT2D eigenvalue weighted by Crippen LogP contribution is 2.33. The molecule has 0 amide bonds. The molecule has 0 aliphatic heterocycles. The van der Waals surface area contributed by atoms with Crippen LogP contribution in [0.1, 0.15) is 75.0 Å². The van der Waals surface area contributed by atoms with Crippen LogP contribution in [0, 0.1) is 5.92 Å². The molecule has 1 fully saturated rings. The van der Waals surface area contributed by atoms with Crippen LogP contribution in [0.2, 0.25) is 0 Å². The maximum absolute atomic E-state index is 5.18. The zero-order chi connectivity index (χ0) is 15.1. The molecule has 120 valence electrons. The second-order valence-electron chi connectivity index (χ2n) is 6.50. The Hall–Kier alpha value is -0.450. The van der Waals surface area contributed by atoms with Gasteiger partial charge >= 0.3 is 0 Å². The Morgan fingerprint density at radius 3 is 2.71 bits per heavy atom. The molecule has 1 aromatic heterocycles. The van der Waals surface area contributed by atoms with Crippen LogP contribution in [0.25, 0.3) is 0 Å². The van der Waals surface area contributed by atoms with Crippen LogP contribution in [0.5, 0.6) is 0 Å². The Bertz CT molecular complexity index is 399. The molecule has 0 bridgehead atoms. The number of rotatable bonds is 8. The van der Waals surface area contributed by atoms with E-state index in [4.69, 9.17) is 9.72 Å². The lowest BCUT2D eigenvalue weighted by Gasteiger charge is -2.26. The van der Waals surface area contributed by atoms with E-state index in [1.165, 1.54) is 49.2 Å². The first-order valence-electron chi connectivity index (χ1n) is 8.38. The van der Waals surface area contributed by atoms with Gasteiger partial charge in [-0.3, -0.25) is 0 Å². The molecular formula is C17H30N2OS. The van der Waals surface area contributed by atoms with Crippen molar-refractivity contribution < 1.29 is 4.74 Å². The fraction of sp³-hybridized carbons (Fsp3) is 0.824. The van der Waals surface area contributed by atoms with Crippen molar-refractivity contribution in [2.45, 2.75) is 64.3 Å². The quantitative estimate of drug-likeness (QED) is 0.717. The molecule has 1 aliphatic carbocycles. The Kier molecular flexibility index (Phi) is 7.14. The van der Waals surface area contributed by atoms with Gasteiger partial charge in [-0.15, -0.1) is 11.3 Å². The van der Waals surface area contributed by atoms with Gasteiger partial charge < -0.3 is 10.1 Å². The van der Waals surface area contributed by atoms with Crippen molar-refractivity contribution in [1.82, 2.24) is 10.3 Å². The van der Waals surface area contributed by atoms with E-state index in [9.17, 15) is 0 Å². The van der Waals surface area contributed by atoms with Gasteiger partial charge in [0.05, 0.1) is 18.3 Å². The molecule has 1 atom stereocenters. The van der Waals surface area contributed by atoms with Crippen molar-refractivity contribution in [3.05, 3.63) is 16.1 Å². The van der Waals surface area contributed by atoms with Gasteiger partial charge in [0.1, 0.15) is 5.01 Å². The molecule has 0 saturated heterocycles. The number of thiazole rings is 1. The van der Waals surface area contributed by atoms with Crippen LogP contribution < -0.4 is 5.32 Å². The lowest BCUT2D eigenvalue weighted by atomic mass is 9.85. The minimum Gasteiger partial charge on any atom is -0.383 e. The van der Waals surface area contributed by atoms with Crippen molar-refractivity contribution in [2.75, 3.05) is 20.3 Å². The van der Waals surface area contributed by atoms with Crippen molar-refractivity contribution >= 4 is 11.3 Å².